The second kappa shape index (κ2) is 4.15. The minimum absolute atomic E-state index is 0.217. The maximum atomic E-state index is 3.75. The van der Waals surface area contributed by atoms with E-state index in [0.717, 1.165) is 5.70 Å². The van der Waals surface area contributed by atoms with Crippen molar-refractivity contribution >= 4 is 0 Å². The van der Waals surface area contributed by atoms with Crippen LogP contribution in [0.5, 0.6) is 0 Å². The molecule has 0 aromatic carbocycles. The van der Waals surface area contributed by atoms with E-state index < -0.39 is 0 Å². The molecule has 0 bridgehead atoms. The third-order valence-electron chi connectivity index (χ3n) is 1.90. The van der Waals surface area contributed by atoms with Crippen molar-refractivity contribution in [1.29, 1.82) is 0 Å². The van der Waals surface area contributed by atoms with Crippen LogP contribution in [-0.2, 0) is 0 Å². The first-order valence-corrected chi connectivity index (χ1v) is 4.13. The molecule has 0 unspecified atom stereocenters. The molecule has 0 aromatic heterocycles. The first-order chi connectivity index (χ1) is 5.38. The Morgan fingerprint density at radius 2 is 1.83 bits per heavy atom. The third-order valence-corrected chi connectivity index (χ3v) is 1.90. The van der Waals surface area contributed by atoms with Gasteiger partial charge in [-0.05, 0) is 18.4 Å². The molecule has 0 rings (SSSR count). The van der Waals surface area contributed by atoms with Gasteiger partial charge in [0.2, 0.25) is 0 Å². The fourth-order valence-electron chi connectivity index (χ4n) is 0.476. The molecule has 0 aliphatic rings. The summed E-state index contributed by atoms with van der Waals surface area (Å²) in [6, 6.07) is 0. The van der Waals surface area contributed by atoms with Crippen molar-refractivity contribution in [3.8, 4) is 0 Å². The van der Waals surface area contributed by atoms with E-state index in [0.29, 0.717) is 0 Å². The Morgan fingerprint density at radius 3 is 2.17 bits per heavy atom. The van der Waals surface area contributed by atoms with Gasteiger partial charge in [-0.25, -0.2) is 0 Å². The average molecular weight is 165 g/mol. The lowest BCUT2D eigenvalue weighted by Gasteiger charge is -2.19. The molecule has 0 fully saturated rings. The molecule has 0 radical (unpaired) electrons. The maximum Gasteiger partial charge on any atom is 0.0300 e. The molecule has 0 saturated carbocycles. The number of allylic oxidation sites excluding steroid dienone is 2. The van der Waals surface area contributed by atoms with E-state index in [1.54, 1.807) is 6.08 Å². The predicted octanol–water partition coefficient (Wildman–Crippen LogP) is 3.23. The van der Waals surface area contributed by atoms with Crippen LogP contribution in [0.15, 0.2) is 36.7 Å². The van der Waals surface area contributed by atoms with Crippen molar-refractivity contribution < 1.29 is 0 Å². The van der Waals surface area contributed by atoms with E-state index in [1.165, 1.54) is 5.57 Å². The Labute approximate surface area is 75.9 Å². The fraction of sp³-hybridized carbons (Fsp3) is 0.455. The Bertz CT molecular complexity index is 204. The summed E-state index contributed by atoms with van der Waals surface area (Å²) in [6.45, 7) is 16.0. The quantitative estimate of drug-likeness (QED) is 0.633. The van der Waals surface area contributed by atoms with Gasteiger partial charge in [0.1, 0.15) is 0 Å². The van der Waals surface area contributed by atoms with E-state index >= 15 is 0 Å². The molecule has 0 atom stereocenters. The highest BCUT2D eigenvalue weighted by Gasteiger charge is 2.11. The molecule has 0 aliphatic carbocycles. The van der Waals surface area contributed by atoms with E-state index in [1.807, 2.05) is 6.20 Å². The highest BCUT2D eigenvalue weighted by atomic mass is 14.8. The van der Waals surface area contributed by atoms with E-state index in [-0.39, 0.29) is 5.41 Å². The van der Waals surface area contributed by atoms with Gasteiger partial charge >= 0.3 is 0 Å². The predicted molar refractivity (Wildman–Crippen MR) is 55.7 cm³/mol. The van der Waals surface area contributed by atoms with Crippen LogP contribution in [0.3, 0.4) is 0 Å². The second-order valence-electron chi connectivity index (χ2n) is 3.95. The van der Waals surface area contributed by atoms with Gasteiger partial charge < -0.3 is 5.32 Å². The molecule has 68 valence electrons. The fourth-order valence-corrected chi connectivity index (χ4v) is 0.476. The van der Waals surface area contributed by atoms with Gasteiger partial charge in [0.15, 0.2) is 0 Å². The summed E-state index contributed by atoms with van der Waals surface area (Å²) < 4.78 is 0. The Morgan fingerprint density at radius 1 is 1.33 bits per heavy atom. The molecule has 0 amide bonds. The van der Waals surface area contributed by atoms with Crippen LogP contribution in [0.4, 0.5) is 0 Å². The zero-order valence-electron chi connectivity index (χ0n) is 8.57. The Hall–Kier alpha value is -0.980. The molecule has 1 nitrogen and oxygen atoms in total. The van der Waals surface area contributed by atoms with Crippen LogP contribution in [0.25, 0.3) is 0 Å². The summed E-state index contributed by atoms with van der Waals surface area (Å²) in [5.74, 6) is 0. The lowest BCUT2D eigenvalue weighted by molar-refractivity contribution is 0.501. The van der Waals surface area contributed by atoms with Crippen LogP contribution in [-0.4, -0.2) is 0 Å². The number of nitrogens with one attached hydrogen (secondary N) is 1. The molecular weight excluding hydrogens is 146 g/mol. The molecule has 0 heterocycles. The van der Waals surface area contributed by atoms with Crippen LogP contribution < -0.4 is 5.32 Å². The molecule has 0 aromatic rings. The van der Waals surface area contributed by atoms with Gasteiger partial charge in [0, 0.05) is 11.9 Å². The normalized spacial score (nSPS) is 12.5. The summed E-state index contributed by atoms with van der Waals surface area (Å²) >= 11 is 0. The van der Waals surface area contributed by atoms with Gasteiger partial charge in [-0.1, -0.05) is 39.5 Å². The van der Waals surface area contributed by atoms with Crippen molar-refractivity contribution in [3.63, 3.8) is 0 Å². The summed E-state index contributed by atoms with van der Waals surface area (Å²) in [5, 5.41) is 3.06. The highest BCUT2D eigenvalue weighted by molar-refractivity contribution is 5.15. The van der Waals surface area contributed by atoms with Crippen molar-refractivity contribution in [2.75, 3.05) is 0 Å². The molecule has 12 heavy (non-hydrogen) atoms. The molecule has 1 heteroatoms. The topological polar surface area (TPSA) is 12.0 Å². The van der Waals surface area contributed by atoms with Crippen LogP contribution in [0, 0.1) is 5.41 Å². The van der Waals surface area contributed by atoms with Crippen molar-refractivity contribution in [1.82, 2.24) is 5.32 Å². The van der Waals surface area contributed by atoms with Crippen LogP contribution in [0.1, 0.15) is 27.7 Å². The van der Waals surface area contributed by atoms with Gasteiger partial charge in [0.25, 0.3) is 0 Å². The summed E-state index contributed by atoms with van der Waals surface area (Å²) in [6.07, 6.45) is 3.68. The Balaban J connectivity index is 4.20. The van der Waals surface area contributed by atoms with E-state index in [2.05, 4.69) is 46.2 Å². The van der Waals surface area contributed by atoms with E-state index in [4.69, 9.17) is 0 Å². The zero-order chi connectivity index (χ0) is 9.78. The second-order valence-corrected chi connectivity index (χ2v) is 3.95. The van der Waals surface area contributed by atoms with Crippen LogP contribution in [0.2, 0.25) is 0 Å². The summed E-state index contributed by atoms with van der Waals surface area (Å²) in [7, 11) is 0. The average Bonchev–Trinajstić information content (AvgIpc) is 1.97. The zero-order valence-corrected chi connectivity index (χ0v) is 8.57. The van der Waals surface area contributed by atoms with Crippen LogP contribution >= 0.6 is 0 Å². The van der Waals surface area contributed by atoms with E-state index in [9.17, 15) is 0 Å². The minimum Gasteiger partial charge on any atom is -0.362 e. The SMILES string of the molecule is C=CC(=C)N/C=C(\C)C(C)(C)C. The maximum absolute atomic E-state index is 3.75. The van der Waals surface area contributed by atoms with Gasteiger partial charge in [0.05, 0.1) is 0 Å². The smallest absolute Gasteiger partial charge is 0.0300 e. The van der Waals surface area contributed by atoms with Crippen molar-refractivity contribution in [2.45, 2.75) is 27.7 Å². The first kappa shape index (κ1) is 11.0. The number of rotatable bonds is 3. The van der Waals surface area contributed by atoms with Crippen molar-refractivity contribution in [3.05, 3.63) is 36.7 Å². The Kier molecular flexibility index (Phi) is 3.81. The van der Waals surface area contributed by atoms with Gasteiger partial charge in [-0.2, -0.15) is 0 Å². The first-order valence-electron chi connectivity index (χ1n) is 4.13. The third kappa shape index (κ3) is 4.02. The molecule has 0 aliphatic heterocycles. The summed E-state index contributed by atoms with van der Waals surface area (Å²) in [4.78, 5) is 0. The van der Waals surface area contributed by atoms with Gasteiger partial charge in [-0.15, -0.1) is 0 Å². The largest absolute Gasteiger partial charge is 0.362 e. The number of hydrogen-bond donors (Lipinski definition) is 1. The monoisotopic (exact) mass is 165 g/mol. The highest BCUT2D eigenvalue weighted by Crippen LogP contribution is 2.23. The molecule has 0 saturated heterocycles. The van der Waals surface area contributed by atoms with Crippen molar-refractivity contribution in [2.24, 2.45) is 5.41 Å². The molecule has 1 N–H and O–H groups in total. The summed E-state index contributed by atoms with van der Waals surface area (Å²) in [5.41, 5.74) is 2.35. The lowest BCUT2D eigenvalue weighted by atomic mass is 9.88. The minimum atomic E-state index is 0.217. The molecule has 0 spiro atoms. The lowest BCUT2D eigenvalue weighted by Crippen LogP contribution is -2.11. The standard InChI is InChI=1S/C11H19N/c1-7-10(3)12-8-9(2)11(4,5)6/h7-8,12H,1,3H2,2,4-6H3/b9-8+. The molecular formula is C11H19N. The van der Waals surface area contributed by atoms with Gasteiger partial charge in [-0.3, -0.25) is 0 Å². The number of hydrogen-bond acceptors (Lipinski definition) is 1.